The highest BCUT2D eigenvalue weighted by molar-refractivity contribution is 5.61. The number of rotatable bonds is 1. The zero-order valence-corrected chi connectivity index (χ0v) is 8.91. The molecule has 2 atom stereocenters. The van der Waals surface area contributed by atoms with Crippen molar-refractivity contribution in [3.8, 4) is 5.75 Å². The van der Waals surface area contributed by atoms with Crippen LogP contribution in [-0.2, 0) is 0 Å². The molecule has 2 nitrogen and oxygen atoms in total. The van der Waals surface area contributed by atoms with E-state index in [1.165, 1.54) is 5.56 Å². The Morgan fingerprint density at radius 3 is 2.71 bits per heavy atom. The summed E-state index contributed by atoms with van der Waals surface area (Å²) in [4.78, 5) is 0. The topological polar surface area (TPSA) is 32.3 Å². The first kappa shape index (κ1) is 9.38. The van der Waals surface area contributed by atoms with Gasteiger partial charge in [-0.05, 0) is 24.5 Å². The molecule has 2 unspecified atom stereocenters. The summed E-state index contributed by atoms with van der Waals surface area (Å²) in [6.45, 7) is 6.68. The Kier molecular flexibility index (Phi) is 2.14. The molecule has 0 saturated heterocycles. The Labute approximate surface area is 85.0 Å². The zero-order chi connectivity index (χ0) is 10.3. The van der Waals surface area contributed by atoms with Crippen molar-refractivity contribution in [1.29, 1.82) is 0 Å². The monoisotopic (exact) mass is 191 g/mol. The molecular weight excluding hydrogens is 174 g/mol. The first-order valence-corrected chi connectivity index (χ1v) is 5.19. The highest BCUT2D eigenvalue weighted by atomic mass is 16.3. The summed E-state index contributed by atoms with van der Waals surface area (Å²) in [5.41, 5.74) is 2.43. The fraction of sp³-hybridized carbons (Fsp3) is 0.500. The van der Waals surface area contributed by atoms with Crippen LogP contribution in [0, 0.1) is 5.92 Å². The van der Waals surface area contributed by atoms with Gasteiger partial charge in [0.1, 0.15) is 5.75 Å². The summed E-state index contributed by atoms with van der Waals surface area (Å²) < 4.78 is 0. The number of phenols is 1. The lowest BCUT2D eigenvalue weighted by Gasteiger charge is -2.19. The number of phenolic OH excluding ortho intramolecular Hbond substituents is 1. The number of hydrogen-bond donors (Lipinski definition) is 2. The third-order valence-electron chi connectivity index (χ3n) is 3.04. The molecule has 0 aromatic heterocycles. The second kappa shape index (κ2) is 3.19. The van der Waals surface area contributed by atoms with Crippen LogP contribution in [0.1, 0.15) is 32.3 Å². The molecule has 1 heterocycles. The lowest BCUT2D eigenvalue weighted by molar-refractivity contribution is 0.469. The van der Waals surface area contributed by atoms with E-state index in [0.29, 0.717) is 23.6 Å². The van der Waals surface area contributed by atoms with Crippen LogP contribution in [-0.4, -0.2) is 11.1 Å². The summed E-state index contributed by atoms with van der Waals surface area (Å²) in [6.07, 6.45) is 0. The minimum absolute atomic E-state index is 0.341. The number of aromatic hydroxyl groups is 1. The number of fused-ring (bicyclic) bond motifs is 1. The fourth-order valence-corrected chi connectivity index (χ4v) is 2.50. The van der Waals surface area contributed by atoms with E-state index >= 15 is 0 Å². The molecule has 0 fully saturated rings. The van der Waals surface area contributed by atoms with Crippen molar-refractivity contribution in [2.24, 2.45) is 5.92 Å². The molecule has 1 aromatic rings. The number of anilines is 1. The first-order valence-electron chi connectivity index (χ1n) is 5.19. The molecule has 1 aliphatic rings. The highest BCUT2D eigenvalue weighted by Gasteiger charge is 2.31. The van der Waals surface area contributed by atoms with Crippen LogP contribution in [0.25, 0.3) is 0 Å². The molecule has 0 spiro atoms. The van der Waals surface area contributed by atoms with E-state index in [4.69, 9.17) is 0 Å². The largest absolute Gasteiger partial charge is 0.508 e. The second-order valence-corrected chi connectivity index (χ2v) is 4.47. The van der Waals surface area contributed by atoms with Gasteiger partial charge in [-0.25, -0.2) is 0 Å². The van der Waals surface area contributed by atoms with Crippen molar-refractivity contribution in [2.45, 2.75) is 32.7 Å². The van der Waals surface area contributed by atoms with E-state index in [9.17, 15) is 5.11 Å². The number of nitrogens with one attached hydrogen (secondary N) is 1. The van der Waals surface area contributed by atoms with Crippen LogP contribution in [0.5, 0.6) is 5.75 Å². The van der Waals surface area contributed by atoms with Crippen LogP contribution < -0.4 is 5.32 Å². The Morgan fingerprint density at radius 1 is 1.36 bits per heavy atom. The third-order valence-corrected chi connectivity index (χ3v) is 3.04. The van der Waals surface area contributed by atoms with Gasteiger partial charge in [0.05, 0.1) is 0 Å². The normalized spacial score (nSPS) is 24.9. The molecule has 2 rings (SSSR count). The average Bonchev–Trinajstić information content (AvgIpc) is 2.39. The van der Waals surface area contributed by atoms with Gasteiger partial charge in [0.15, 0.2) is 0 Å². The summed E-state index contributed by atoms with van der Waals surface area (Å²) >= 11 is 0. The third kappa shape index (κ3) is 1.35. The quantitative estimate of drug-likeness (QED) is 0.715. The van der Waals surface area contributed by atoms with Gasteiger partial charge < -0.3 is 10.4 Å². The predicted molar refractivity (Wildman–Crippen MR) is 58.8 cm³/mol. The molecule has 0 aliphatic carbocycles. The maximum atomic E-state index is 9.37. The SMILES string of the molecule is CC(C)C1c2ccc(O)cc2NC1C. The van der Waals surface area contributed by atoms with E-state index in [1.807, 2.05) is 12.1 Å². The first-order chi connectivity index (χ1) is 6.59. The summed E-state index contributed by atoms with van der Waals surface area (Å²) in [7, 11) is 0. The van der Waals surface area contributed by atoms with E-state index in [2.05, 4.69) is 26.1 Å². The van der Waals surface area contributed by atoms with Crippen molar-refractivity contribution < 1.29 is 5.11 Å². The minimum atomic E-state index is 0.341. The van der Waals surface area contributed by atoms with Crippen molar-refractivity contribution in [2.75, 3.05) is 5.32 Å². The van der Waals surface area contributed by atoms with Gasteiger partial charge in [-0.2, -0.15) is 0 Å². The summed E-state index contributed by atoms with van der Waals surface area (Å²) in [5, 5.41) is 12.8. The van der Waals surface area contributed by atoms with Crippen molar-refractivity contribution >= 4 is 5.69 Å². The second-order valence-electron chi connectivity index (χ2n) is 4.47. The Bertz CT molecular complexity index is 346. The molecule has 0 amide bonds. The van der Waals surface area contributed by atoms with Gasteiger partial charge in [0, 0.05) is 23.7 Å². The van der Waals surface area contributed by atoms with Crippen molar-refractivity contribution in [3.63, 3.8) is 0 Å². The maximum absolute atomic E-state index is 9.37. The number of benzene rings is 1. The van der Waals surface area contributed by atoms with Gasteiger partial charge in [-0.3, -0.25) is 0 Å². The molecule has 1 aliphatic heterocycles. The van der Waals surface area contributed by atoms with Gasteiger partial charge in [-0.1, -0.05) is 19.9 Å². The van der Waals surface area contributed by atoms with E-state index in [1.54, 1.807) is 6.07 Å². The van der Waals surface area contributed by atoms with Gasteiger partial charge in [0.2, 0.25) is 0 Å². The average molecular weight is 191 g/mol. The molecule has 2 N–H and O–H groups in total. The lowest BCUT2D eigenvalue weighted by Crippen LogP contribution is -2.20. The van der Waals surface area contributed by atoms with Gasteiger partial charge in [-0.15, -0.1) is 0 Å². The number of hydrogen-bond acceptors (Lipinski definition) is 2. The van der Waals surface area contributed by atoms with E-state index in [0.717, 1.165) is 5.69 Å². The Hall–Kier alpha value is -1.18. The van der Waals surface area contributed by atoms with Crippen molar-refractivity contribution in [3.05, 3.63) is 23.8 Å². The molecular formula is C12H17NO. The minimum Gasteiger partial charge on any atom is -0.508 e. The zero-order valence-electron chi connectivity index (χ0n) is 8.91. The summed E-state index contributed by atoms with van der Waals surface area (Å²) in [6, 6.07) is 6.08. The molecule has 0 bridgehead atoms. The van der Waals surface area contributed by atoms with Crippen LogP contribution in [0.15, 0.2) is 18.2 Å². The highest BCUT2D eigenvalue weighted by Crippen LogP contribution is 2.41. The van der Waals surface area contributed by atoms with Crippen LogP contribution >= 0.6 is 0 Å². The van der Waals surface area contributed by atoms with Gasteiger partial charge in [0.25, 0.3) is 0 Å². The Balaban J connectivity index is 2.42. The molecule has 0 radical (unpaired) electrons. The van der Waals surface area contributed by atoms with Crippen LogP contribution in [0.4, 0.5) is 5.69 Å². The fourth-order valence-electron chi connectivity index (χ4n) is 2.50. The predicted octanol–water partition coefficient (Wildman–Crippen LogP) is 2.95. The maximum Gasteiger partial charge on any atom is 0.117 e. The molecule has 1 aromatic carbocycles. The van der Waals surface area contributed by atoms with E-state index in [-0.39, 0.29) is 0 Å². The van der Waals surface area contributed by atoms with Crippen LogP contribution in [0.3, 0.4) is 0 Å². The molecule has 76 valence electrons. The molecule has 14 heavy (non-hydrogen) atoms. The van der Waals surface area contributed by atoms with E-state index < -0.39 is 0 Å². The smallest absolute Gasteiger partial charge is 0.117 e. The van der Waals surface area contributed by atoms with Crippen molar-refractivity contribution in [1.82, 2.24) is 0 Å². The Morgan fingerprint density at radius 2 is 2.07 bits per heavy atom. The molecule has 0 saturated carbocycles. The standard InChI is InChI=1S/C12H17NO/c1-7(2)12-8(3)13-11-6-9(14)4-5-10(11)12/h4-8,12-14H,1-3H3. The van der Waals surface area contributed by atoms with Crippen LogP contribution in [0.2, 0.25) is 0 Å². The summed E-state index contributed by atoms with van der Waals surface area (Å²) in [5.74, 6) is 1.53. The lowest BCUT2D eigenvalue weighted by atomic mass is 9.86. The molecule has 2 heteroatoms. The van der Waals surface area contributed by atoms with Gasteiger partial charge >= 0.3 is 0 Å².